The number of halogens is 1. The molecule has 1 aromatic heterocycles. The molecule has 0 spiro atoms. The van der Waals surface area contributed by atoms with E-state index in [-0.39, 0.29) is 31.0 Å². The van der Waals surface area contributed by atoms with E-state index in [0.29, 0.717) is 54.5 Å². The fraction of sp³-hybridized carbons (Fsp3) is 0.214. The van der Waals surface area contributed by atoms with Crippen LogP contribution in [-0.4, -0.2) is 59.2 Å². The van der Waals surface area contributed by atoms with Crippen LogP contribution in [0.25, 0.3) is 10.9 Å². The summed E-state index contributed by atoms with van der Waals surface area (Å²) < 4.78 is 27.0. The average Bonchev–Trinajstić information content (AvgIpc) is 3.53. The van der Waals surface area contributed by atoms with E-state index in [9.17, 15) is 14.0 Å². The van der Waals surface area contributed by atoms with E-state index >= 15 is 0 Å². The third kappa shape index (κ3) is 3.94. The Morgan fingerprint density at radius 1 is 0.778 bits per heavy atom. The lowest BCUT2D eigenvalue weighted by Crippen LogP contribution is -2.50. The molecule has 7 nitrogen and oxygen atoms in total. The normalized spacial score (nSPS) is 14.9. The van der Waals surface area contributed by atoms with Crippen LogP contribution in [-0.2, 0) is 6.54 Å². The summed E-state index contributed by atoms with van der Waals surface area (Å²) in [6, 6.07) is 21.4. The number of hydrogen-bond acceptors (Lipinski definition) is 4. The second-order valence-electron chi connectivity index (χ2n) is 8.92. The van der Waals surface area contributed by atoms with E-state index < -0.39 is 0 Å². The van der Waals surface area contributed by atoms with Crippen LogP contribution in [0.4, 0.5) is 4.39 Å². The highest BCUT2D eigenvalue weighted by Crippen LogP contribution is 2.33. The monoisotopic (exact) mass is 485 g/mol. The Hall–Kier alpha value is -4.33. The van der Waals surface area contributed by atoms with Crippen LogP contribution >= 0.6 is 0 Å². The summed E-state index contributed by atoms with van der Waals surface area (Å²) in [5.74, 6) is 0.668. The predicted molar refractivity (Wildman–Crippen MR) is 132 cm³/mol. The number of carbonyl (C=O) groups is 2. The van der Waals surface area contributed by atoms with E-state index in [2.05, 4.69) is 0 Å². The largest absolute Gasteiger partial charge is 0.454 e. The Balaban J connectivity index is 1.21. The number of carbonyl (C=O) groups excluding carboxylic acids is 2. The third-order valence-corrected chi connectivity index (χ3v) is 6.79. The number of nitrogens with zero attached hydrogens (tertiary/aromatic N) is 3. The number of benzene rings is 3. The van der Waals surface area contributed by atoms with Crippen LogP contribution in [0.5, 0.6) is 11.5 Å². The van der Waals surface area contributed by atoms with Gasteiger partial charge in [0.1, 0.15) is 11.5 Å². The van der Waals surface area contributed by atoms with Crippen LogP contribution in [0.15, 0.2) is 72.8 Å². The van der Waals surface area contributed by atoms with E-state index in [1.165, 1.54) is 6.07 Å². The summed E-state index contributed by atoms with van der Waals surface area (Å²) in [6.07, 6.45) is 0. The standard InChI is InChI=1S/C28H24FN3O4/c29-22-7-3-1-6-21(22)17-32-23-8-4-2-5-19(23)15-24(32)28(34)31-13-11-30(12-14-31)27(33)20-9-10-25-26(16-20)36-18-35-25/h1-10,15-16H,11-14,17-18H2. The van der Waals surface area contributed by atoms with Crippen molar-refractivity contribution in [1.82, 2.24) is 14.4 Å². The molecule has 0 saturated carbocycles. The minimum absolute atomic E-state index is 0.103. The number of ether oxygens (including phenoxy) is 2. The summed E-state index contributed by atoms with van der Waals surface area (Å²) in [5.41, 5.74) is 2.44. The molecule has 0 N–H and O–H groups in total. The van der Waals surface area contributed by atoms with Gasteiger partial charge in [0.2, 0.25) is 6.79 Å². The minimum Gasteiger partial charge on any atom is -0.454 e. The molecule has 1 fully saturated rings. The van der Waals surface area contributed by atoms with Crippen LogP contribution in [0.3, 0.4) is 0 Å². The summed E-state index contributed by atoms with van der Waals surface area (Å²) in [6.45, 7) is 2.08. The molecule has 2 amide bonds. The first-order chi connectivity index (χ1) is 17.6. The highest BCUT2D eigenvalue weighted by molar-refractivity contribution is 5.99. The van der Waals surface area contributed by atoms with Crippen molar-refractivity contribution in [2.24, 2.45) is 0 Å². The van der Waals surface area contributed by atoms with Gasteiger partial charge in [-0.2, -0.15) is 0 Å². The van der Waals surface area contributed by atoms with Gasteiger partial charge in [0.15, 0.2) is 11.5 Å². The maximum Gasteiger partial charge on any atom is 0.270 e. The molecule has 0 bridgehead atoms. The number of hydrogen-bond donors (Lipinski definition) is 0. The molecule has 4 aromatic rings. The van der Waals surface area contributed by atoms with Crippen molar-refractivity contribution in [3.8, 4) is 11.5 Å². The molecule has 3 aromatic carbocycles. The molecule has 0 aliphatic carbocycles. The van der Waals surface area contributed by atoms with E-state index in [1.807, 2.05) is 34.9 Å². The molecule has 0 radical (unpaired) electrons. The van der Waals surface area contributed by atoms with Crippen molar-refractivity contribution < 1.29 is 23.5 Å². The molecular weight excluding hydrogens is 461 g/mol. The van der Waals surface area contributed by atoms with E-state index in [1.54, 1.807) is 46.2 Å². The Labute approximate surface area is 207 Å². The number of para-hydroxylation sites is 1. The molecule has 8 heteroatoms. The van der Waals surface area contributed by atoms with Crippen molar-refractivity contribution in [3.63, 3.8) is 0 Å². The summed E-state index contributed by atoms with van der Waals surface area (Å²) in [5, 5.41) is 0.925. The zero-order valence-corrected chi connectivity index (χ0v) is 19.5. The quantitative estimate of drug-likeness (QED) is 0.436. The lowest BCUT2D eigenvalue weighted by atomic mass is 10.1. The lowest BCUT2D eigenvalue weighted by Gasteiger charge is -2.35. The van der Waals surface area contributed by atoms with Crippen LogP contribution < -0.4 is 9.47 Å². The first-order valence-corrected chi connectivity index (χ1v) is 11.9. The van der Waals surface area contributed by atoms with Crippen LogP contribution in [0.2, 0.25) is 0 Å². The molecular formula is C28H24FN3O4. The zero-order chi connectivity index (χ0) is 24.6. The van der Waals surface area contributed by atoms with E-state index in [4.69, 9.17) is 9.47 Å². The SMILES string of the molecule is O=C(c1ccc2c(c1)OCO2)N1CCN(C(=O)c2cc3ccccc3n2Cc2ccccc2F)CC1. The Morgan fingerprint density at radius 2 is 1.47 bits per heavy atom. The van der Waals surface area contributed by atoms with Crippen molar-refractivity contribution in [2.45, 2.75) is 6.54 Å². The lowest BCUT2D eigenvalue weighted by molar-refractivity contribution is 0.0530. The number of aromatic nitrogens is 1. The van der Waals surface area contributed by atoms with Gasteiger partial charge in [-0.15, -0.1) is 0 Å². The van der Waals surface area contributed by atoms with E-state index in [0.717, 1.165) is 10.9 Å². The number of piperazine rings is 1. The molecule has 182 valence electrons. The second-order valence-corrected chi connectivity index (χ2v) is 8.92. The first-order valence-electron chi connectivity index (χ1n) is 11.9. The molecule has 2 aliphatic rings. The second kappa shape index (κ2) is 9.03. The molecule has 0 atom stereocenters. The minimum atomic E-state index is -0.302. The van der Waals surface area contributed by atoms with Gasteiger partial charge in [0.25, 0.3) is 11.8 Å². The van der Waals surface area contributed by atoms with Gasteiger partial charge in [-0.3, -0.25) is 9.59 Å². The fourth-order valence-corrected chi connectivity index (χ4v) is 4.84. The van der Waals surface area contributed by atoms with Gasteiger partial charge in [-0.1, -0.05) is 36.4 Å². The van der Waals surface area contributed by atoms with Crippen molar-refractivity contribution in [3.05, 3.63) is 95.4 Å². The molecule has 0 unspecified atom stereocenters. The number of fused-ring (bicyclic) bond motifs is 2. The van der Waals surface area contributed by atoms with Gasteiger partial charge in [-0.25, -0.2) is 4.39 Å². The number of rotatable bonds is 4. The average molecular weight is 486 g/mol. The maximum atomic E-state index is 14.4. The first kappa shape index (κ1) is 22.2. The van der Waals surface area contributed by atoms with Gasteiger partial charge in [0.05, 0.1) is 6.54 Å². The molecule has 6 rings (SSSR count). The summed E-state index contributed by atoms with van der Waals surface area (Å²) >= 11 is 0. The maximum absolute atomic E-state index is 14.4. The van der Waals surface area contributed by atoms with Gasteiger partial charge >= 0.3 is 0 Å². The van der Waals surface area contributed by atoms with Gasteiger partial charge in [-0.05, 0) is 36.4 Å². The third-order valence-electron chi connectivity index (χ3n) is 6.79. The number of amides is 2. The van der Waals surface area contributed by atoms with Crippen molar-refractivity contribution >= 4 is 22.7 Å². The Kier molecular flexibility index (Phi) is 5.56. The molecule has 3 heterocycles. The predicted octanol–water partition coefficient (Wildman–Crippen LogP) is 4.16. The fourth-order valence-electron chi connectivity index (χ4n) is 4.84. The van der Waals surface area contributed by atoms with Crippen molar-refractivity contribution in [1.29, 1.82) is 0 Å². The van der Waals surface area contributed by atoms with Gasteiger partial charge in [0, 0.05) is 48.2 Å². The zero-order valence-electron chi connectivity index (χ0n) is 19.5. The van der Waals surface area contributed by atoms with Gasteiger partial charge < -0.3 is 23.8 Å². The Morgan fingerprint density at radius 3 is 2.28 bits per heavy atom. The highest BCUT2D eigenvalue weighted by Gasteiger charge is 2.28. The molecule has 1 saturated heterocycles. The smallest absolute Gasteiger partial charge is 0.270 e. The molecule has 36 heavy (non-hydrogen) atoms. The Bertz CT molecular complexity index is 1470. The van der Waals surface area contributed by atoms with Crippen molar-refractivity contribution in [2.75, 3.05) is 33.0 Å². The van der Waals surface area contributed by atoms with Crippen LogP contribution in [0, 0.1) is 5.82 Å². The molecule has 2 aliphatic heterocycles. The summed E-state index contributed by atoms with van der Waals surface area (Å²) in [7, 11) is 0. The topological polar surface area (TPSA) is 64.0 Å². The van der Waals surface area contributed by atoms with Crippen LogP contribution in [0.1, 0.15) is 26.4 Å². The highest BCUT2D eigenvalue weighted by atomic mass is 19.1. The summed E-state index contributed by atoms with van der Waals surface area (Å²) in [4.78, 5) is 30.2.